The van der Waals surface area contributed by atoms with Crippen LogP contribution in [0, 0.1) is 12.8 Å². The molecule has 0 radical (unpaired) electrons. The van der Waals surface area contributed by atoms with Gasteiger partial charge in [0, 0.05) is 30.7 Å². The maximum atomic E-state index is 13.1. The van der Waals surface area contributed by atoms with Gasteiger partial charge in [-0.1, -0.05) is 6.07 Å². The quantitative estimate of drug-likeness (QED) is 0.687. The average Bonchev–Trinajstić information content (AvgIpc) is 3.35. The number of nitrogens with zero attached hydrogens (tertiary/aromatic N) is 3. The molecule has 3 aromatic rings. The van der Waals surface area contributed by atoms with Gasteiger partial charge in [0.05, 0.1) is 29.8 Å². The molecule has 2 aromatic heterocycles. The van der Waals surface area contributed by atoms with Crippen molar-refractivity contribution in [3.63, 3.8) is 0 Å². The van der Waals surface area contributed by atoms with Crippen LogP contribution in [0.5, 0.6) is 0 Å². The molecule has 0 spiro atoms. The van der Waals surface area contributed by atoms with E-state index in [0.717, 1.165) is 12.0 Å². The molecule has 2 atom stereocenters. The Morgan fingerprint density at radius 1 is 1.18 bits per heavy atom. The summed E-state index contributed by atoms with van der Waals surface area (Å²) in [4.78, 5) is 4.29. The monoisotopic (exact) mass is 398 g/mol. The average molecular weight is 398 g/mol. The zero-order valence-corrected chi connectivity index (χ0v) is 16.3. The fourth-order valence-electron chi connectivity index (χ4n) is 3.46. The minimum Gasteiger partial charge on any atom is -0.379 e. The molecule has 0 saturated carbocycles. The van der Waals surface area contributed by atoms with E-state index >= 15 is 0 Å². The molecule has 0 bridgehead atoms. The van der Waals surface area contributed by atoms with Crippen LogP contribution in [0.2, 0.25) is 0 Å². The van der Waals surface area contributed by atoms with Gasteiger partial charge in [0.15, 0.2) is 0 Å². The van der Waals surface area contributed by atoms with Gasteiger partial charge in [-0.2, -0.15) is 5.10 Å². The van der Waals surface area contributed by atoms with Crippen LogP contribution in [-0.2, 0) is 21.2 Å². The van der Waals surface area contributed by atoms with Crippen molar-refractivity contribution in [2.75, 3.05) is 13.2 Å². The normalized spacial score (nSPS) is 19.8. The number of hydrogen-bond acceptors (Lipinski definition) is 5. The SMILES string of the molecule is Cc1ccc(-n2cccn2)cc1S(=O)(=O)N[C@@H]1COC[C@H]1Cc1ccncc1. The number of pyridine rings is 1. The van der Waals surface area contributed by atoms with Crippen LogP contribution >= 0.6 is 0 Å². The smallest absolute Gasteiger partial charge is 0.241 e. The van der Waals surface area contributed by atoms with Crippen molar-refractivity contribution in [2.45, 2.75) is 24.3 Å². The maximum Gasteiger partial charge on any atom is 0.241 e. The number of ether oxygens (including phenoxy) is 1. The third-order valence-electron chi connectivity index (χ3n) is 4.98. The number of benzene rings is 1. The number of rotatable bonds is 6. The lowest BCUT2D eigenvalue weighted by molar-refractivity contribution is 0.183. The lowest BCUT2D eigenvalue weighted by Gasteiger charge is -2.20. The maximum absolute atomic E-state index is 13.1. The van der Waals surface area contributed by atoms with Gasteiger partial charge in [0.1, 0.15) is 0 Å². The molecule has 0 amide bonds. The molecule has 1 saturated heterocycles. The second kappa shape index (κ2) is 7.83. The summed E-state index contributed by atoms with van der Waals surface area (Å²) in [5.74, 6) is 0.0757. The number of sulfonamides is 1. The van der Waals surface area contributed by atoms with E-state index in [1.807, 2.05) is 18.2 Å². The Balaban J connectivity index is 1.56. The molecular formula is C20H22N4O3S. The van der Waals surface area contributed by atoms with Crippen molar-refractivity contribution in [1.82, 2.24) is 19.5 Å². The van der Waals surface area contributed by atoms with Crippen LogP contribution in [0.25, 0.3) is 5.69 Å². The van der Waals surface area contributed by atoms with Crippen molar-refractivity contribution in [1.29, 1.82) is 0 Å². The molecule has 3 heterocycles. The molecule has 146 valence electrons. The molecule has 28 heavy (non-hydrogen) atoms. The molecule has 1 aliphatic heterocycles. The summed E-state index contributed by atoms with van der Waals surface area (Å²) < 4.78 is 36.3. The topological polar surface area (TPSA) is 86.1 Å². The van der Waals surface area contributed by atoms with Crippen molar-refractivity contribution >= 4 is 10.0 Å². The van der Waals surface area contributed by atoms with Gasteiger partial charge in [0.2, 0.25) is 10.0 Å². The van der Waals surface area contributed by atoms with Crippen LogP contribution in [-0.4, -0.2) is 42.4 Å². The third-order valence-corrected chi connectivity index (χ3v) is 6.61. The van der Waals surface area contributed by atoms with Crippen LogP contribution in [0.4, 0.5) is 0 Å². The minimum atomic E-state index is -3.70. The Kier molecular flexibility index (Phi) is 5.25. The summed E-state index contributed by atoms with van der Waals surface area (Å²) in [5.41, 5.74) is 2.51. The van der Waals surface area contributed by atoms with E-state index in [4.69, 9.17) is 4.74 Å². The van der Waals surface area contributed by atoms with Gasteiger partial charge >= 0.3 is 0 Å². The second-order valence-electron chi connectivity index (χ2n) is 6.99. The van der Waals surface area contributed by atoms with E-state index in [0.29, 0.717) is 24.5 Å². The van der Waals surface area contributed by atoms with Crippen molar-refractivity contribution in [2.24, 2.45) is 5.92 Å². The number of nitrogens with one attached hydrogen (secondary N) is 1. The standard InChI is InChI=1S/C20H22N4O3S/c1-15-3-4-18(24-10-2-7-22-24)12-20(15)28(25,26)23-19-14-27-13-17(19)11-16-5-8-21-9-6-16/h2-10,12,17,19,23H,11,13-14H2,1H3/t17-,19-/m1/s1. The van der Waals surface area contributed by atoms with Gasteiger partial charge in [-0.25, -0.2) is 17.8 Å². The van der Waals surface area contributed by atoms with Gasteiger partial charge in [-0.05, 0) is 54.8 Å². The highest BCUT2D eigenvalue weighted by Gasteiger charge is 2.33. The fraction of sp³-hybridized carbons (Fsp3) is 0.300. The predicted molar refractivity (Wildman–Crippen MR) is 105 cm³/mol. The van der Waals surface area contributed by atoms with E-state index in [2.05, 4.69) is 14.8 Å². The van der Waals surface area contributed by atoms with Crippen molar-refractivity contribution in [3.8, 4) is 5.69 Å². The van der Waals surface area contributed by atoms with Crippen LogP contribution in [0.15, 0.2) is 66.1 Å². The van der Waals surface area contributed by atoms with Gasteiger partial charge < -0.3 is 4.74 Å². The molecular weight excluding hydrogens is 376 g/mol. The molecule has 0 unspecified atom stereocenters. The van der Waals surface area contributed by atoms with E-state index in [-0.39, 0.29) is 16.9 Å². The van der Waals surface area contributed by atoms with E-state index in [9.17, 15) is 8.42 Å². The van der Waals surface area contributed by atoms with Crippen molar-refractivity contribution in [3.05, 3.63) is 72.3 Å². The number of hydrogen-bond donors (Lipinski definition) is 1. The molecule has 1 N–H and O–H groups in total. The predicted octanol–water partition coefficient (Wildman–Crippen LogP) is 2.11. The summed E-state index contributed by atoms with van der Waals surface area (Å²) in [6.45, 7) is 2.69. The largest absolute Gasteiger partial charge is 0.379 e. The number of aromatic nitrogens is 3. The zero-order valence-electron chi connectivity index (χ0n) is 15.5. The van der Waals surface area contributed by atoms with Crippen LogP contribution in [0.3, 0.4) is 0 Å². The first-order valence-electron chi connectivity index (χ1n) is 9.12. The minimum absolute atomic E-state index is 0.0757. The Bertz CT molecular complexity index is 1040. The van der Waals surface area contributed by atoms with E-state index < -0.39 is 10.0 Å². The molecule has 1 aromatic carbocycles. The summed E-state index contributed by atoms with van der Waals surface area (Å²) in [7, 11) is -3.70. The summed E-state index contributed by atoms with van der Waals surface area (Å²) in [5, 5.41) is 4.18. The van der Waals surface area contributed by atoms with Crippen molar-refractivity contribution < 1.29 is 13.2 Å². The third kappa shape index (κ3) is 3.99. The Morgan fingerprint density at radius 2 is 2.00 bits per heavy atom. The zero-order chi connectivity index (χ0) is 19.6. The molecule has 8 heteroatoms. The number of aryl methyl sites for hydroxylation is 1. The molecule has 1 fully saturated rings. The van der Waals surface area contributed by atoms with Gasteiger partial charge in [-0.3, -0.25) is 4.98 Å². The highest BCUT2D eigenvalue weighted by atomic mass is 32.2. The first-order chi connectivity index (χ1) is 13.5. The highest BCUT2D eigenvalue weighted by molar-refractivity contribution is 7.89. The van der Waals surface area contributed by atoms with Gasteiger partial charge in [0.25, 0.3) is 0 Å². The van der Waals surface area contributed by atoms with Gasteiger partial charge in [-0.15, -0.1) is 0 Å². The summed E-state index contributed by atoms with van der Waals surface area (Å²) >= 11 is 0. The Hall–Kier alpha value is -2.55. The summed E-state index contributed by atoms with van der Waals surface area (Å²) in [6, 6.07) is 10.7. The first kappa shape index (κ1) is 18.8. The molecule has 7 nitrogen and oxygen atoms in total. The lowest BCUT2D eigenvalue weighted by Crippen LogP contribution is -2.40. The fourth-order valence-corrected chi connectivity index (χ4v) is 5.01. The van der Waals surface area contributed by atoms with Crippen LogP contribution in [0.1, 0.15) is 11.1 Å². The second-order valence-corrected chi connectivity index (χ2v) is 8.67. The first-order valence-corrected chi connectivity index (χ1v) is 10.6. The highest BCUT2D eigenvalue weighted by Crippen LogP contribution is 2.24. The Labute approximate surface area is 164 Å². The van der Waals surface area contributed by atoms with E-state index in [1.54, 1.807) is 54.6 Å². The molecule has 0 aliphatic carbocycles. The van der Waals surface area contributed by atoms with Crippen LogP contribution < -0.4 is 4.72 Å². The molecule has 4 rings (SSSR count). The summed E-state index contributed by atoms with van der Waals surface area (Å²) in [6.07, 6.45) is 7.67. The Morgan fingerprint density at radius 3 is 2.75 bits per heavy atom. The van der Waals surface area contributed by atoms with E-state index in [1.165, 1.54) is 0 Å². The molecule has 1 aliphatic rings. The lowest BCUT2D eigenvalue weighted by atomic mass is 9.96.